The zero-order chi connectivity index (χ0) is 15.9. The van der Waals surface area contributed by atoms with Gasteiger partial charge in [0.05, 0.1) is 5.56 Å². The third-order valence-electron chi connectivity index (χ3n) is 2.92. The summed E-state index contributed by atoms with van der Waals surface area (Å²) in [6.45, 7) is 1.92. The molecule has 0 saturated carbocycles. The molecule has 0 aliphatic rings. The molecule has 0 bridgehead atoms. The highest BCUT2D eigenvalue weighted by Crippen LogP contribution is 2.18. The maximum atomic E-state index is 12.2. The van der Waals surface area contributed by atoms with Crippen LogP contribution in [-0.2, 0) is 4.79 Å². The Hall–Kier alpha value is -1.89. The fraction of sp³-hybridized carbons (Fsp3) is 0.176. The Morgan fingerprint density at radius 1 is 1.09 bits per heavy atom. The molecule has 0 aliphatic heterocycles. The molecule has 2 aromatic rings. The van der Waals surface area contributed by atoms with Crippen LogP contribution >= 0.6 is 22.6 Å². The number of carbonyl (C=O) groups excluding carboxylic acids is 2. The summed E-state index contributed by atoms with van der Waals surface area (Å²) < 4.78 is 6.06. The molecule has 22 heavy (non-hydrogen) atoms. The summed E-state index contributed by atoms with van der Waals surface area (Å²) >= 11 is 2.13. The number of amides is 1. The highest BCUT2D eigenvalue weighted by molar-refractivity contribution is 14.1. The van der Waals surface area contributed by atoms with Crippen LogP contribution in [0.3, 0.4) is 0 Å². The van der Waals surface area contributed by atoms with E-state index in [2.05, 4.69) is 27.9 Å². The van der Waals surface area contributed by atoms with Crippen molar-refractivity contribution in [3.63, 3.8) is 0 Å². The van der Waals surface area contributed by atoms with E-state index in [4.69, 9.17) is 4.74 Å². The Morgan fingerprint density at radius 3 is 2.41 bits per heavy atom. The van der Waals surface area contributed by atoms with Crippen LogP contribution in [0, 0.1) is 3.57 Å². The van der Waals surface area contributed by atoms with E-state index >= 15 is 0 Å². The van der Waals surface area contributed by atoms with Gasteiger partial charge in [-0.15, -0.1) is 0 Å². The molecule has 0 heterocycles. The molecule has 0 saturated heterocycles. The molecule has 0 unspecified atom stereocenters. The second kappa shape index (κ2) is 7.93. The number of esters is 1. The van der Waals surface area contributed by atoms with Crippen molar-refractivity contribution in [1.82, 2.24) is 0 Å². The molecule has 0 aliphatic carbocycles. The van der Waals surface area contributed by atoms with Gasteiger partial charge in [-0.2, -0.15) is 0 Å². The van der Waals surface area contributed by atoms with Crippen LogP contribution in [0.1, 0.15) is 30.1 Å². The van der Waals surface area contributed by atoms with Crippen LogP contribution in [0.25, 0.3) is 0 Å². The summed E-state index contributed by atoms with van der Waals surface area (Å²) in [6, 6.07) is 14.1. The second-order valence-electron chi connectivity index (χ2n) is 4.68. The van der Waals surface area contributed by atoms with E-state index in [-0.39, 0.29) is 11.9 Å². The number of hydrogen-bond acceptors (Lipinski definition) is 3. The van der Waals surface area contributed by atoms with Gasteiger partial charge in [0.25, 0.3) is 5.91 Å². The van der Waals surface area contributed by atoms with Crippen LogP contribution in [0.5, 0.6) is 5.75 Å². The fourth-order valence-corrected chi connectivity index (χ4v) is 2.47. The number of halogens is 1. The zero-order valence-corrected chi connectivity index (χ0v) is 14.3. The van der Waals surface area contributed by atoms with Crippen molar-refractivity contribution in [3.8, 4) is 5.75 Å². The lowest BCUT2D eigenvalue weighted by Gasteiger charge is -2.08. The minimum atomic E-state index is -0.252. The molecule has 114 valence electrons. The van der Waals surface area contributed by atoms with Crippen molar-refractivity contribution < 1.29 is 14.3 Å². The number of nitrogens with one attached hydrogen (secondary N) is 1. The quantitative estimate of drug-likeness (QED) is 0.457. The van der Waals surface area contributed by atoms with Crippen LogP contribution in [0.2, 0.25) is 0 Å². The van der Waals surface area contributed by atoms with Gasteiger partial charge in [-0.1, -0.05) is 19.1 Å². The Morgan fingerprint density at radius 2 is 1.77 bits per heavy atom. The number of benzene rings is 2. The van der Waals surface area contributed by atoms with Gasteiger partial charge >= 0.3 is 5.97 Å². The van der Waals surface area contributed by atoms with Crippen molar-refractivity contribution in [3.05, 3.63) is 57.7 Å². The molecule has 0 spiro atoms. The van der Waals surface area contributed by atoms with E-state index < -0.39 is 0 Å². The van der Waals surface area contributed by atoms with Gasteiger partial charge in [-0.05, 0) is 65.4 Å². The largest absolute Gasteiger partial charge is 0.427 e. The minimum Gasteiger partial charge on any atom is -0.427 e. The molecule has 1 N–H and O–H groups in total. The third kappa shape index (κ3) is 4.56. The Bertz CT molecular complexity index is 668. The van der Waals surface area contributed by atoms with Gasteiger partial charge in [-0.3, -0.25) is 9.59 Å². The highest BCUT2D eigenvalue weighted by Gasteiger charge is 2.09. The summed E-state index contributed by atoms with van der Waals surface area (Å²) in [6.07, 6.45) is 1.15. The smallest absolute Gasteiger partial charge is 0.311 e. The summed E-state index contributed by atoms with van der Waals surface area (Å²) in [4.78, 5) is 23.6. The maximum Gasteiger partial charge on any atom is 0.311 e. The monoisotopic (exact) mass is 409 g/mol. The highest BCUT2D eigenvalue weighted by atomic mass is 127. The van der Waals surface area contributed by atoms with Gasteiger partial charge in [0.2, 0.25) is 0 Å². The maximum absolute atomic E-state index is 12.2. The first-order valence-electron chi connectivity index (χ1n) is 6.96. The van der Waals surface area contributed by atoms with Crippen LogP contribution < -0.4 is 10.1 Å². The van der Waals surface area contributed by atoms with Crippen molar-refractivity contribution in [2.45, 2.75) is 19.8 Å². The van der Waals surface area contributed by atoms with E-state index in [0.717, 1.165) is 9.99 Å². The molecule has 0 radical (unpaired) electrons. The van der Waals surface area contributed by atoms with Crippen LogP contribution in [-0.4, -0.2) is 11.9 Å². The van der Waals surface area contributed by atoms with E-state index in [9.17, 15) is 9.59 Å². The van der Waals surface area contributed by atoms with Gasteiger partial charge in [-0.25, -0.2) is 0 Å². The number of ether oxygens (including phenoxy) is 1. The van der Waals surface area contributed by atoms with Crippen molar-refractivity contribution >= 4 is 40.2 Å². The Balaban J connectivity index is 2.01. The molecule has 2 aromatic carbocycles. The average molecular weight is 409 g/mol. The number of anilines is 1. The second-order valence-corrected chi connectivity index (χ2v) is 5.84. The molecule has 0 atom stereocenters. The lowest BCUT2D eigenvalue weighted by Crippen LogP contribution is -2.13. The van der Waals surface area contributed by atoms with E-state index in [0.29, 0.717) is 23.4 Å². The molecule has 1 amide bonds. The summed E-state index contributed by atoms with van der Waals surface area (Å²) in [7, 11) is 0. The number of hydrogen-bond donors (Lipinski definition) is 1. The molecule has 2 rings (SSSR count). The number of carbonyl (C=O) groups is 2. The van der Waals surface area contributed by atoms with Crippen molar-refractivity contribution in [1.29, 1.82) is 0 Å². The van der Waals surface area contributed by atoms with E-state index in [1.54, 1.807) is 30.3 Å². The summed E-state index contributed by atoms with van der Waals surface area (Å²) in [5, 5.41) is 2.82. The normalized spacial score (nSPS) is 10.1. The predicted octanol–water partition coefficient (Wildman–Crippen LogP) is 4.25. The molecule has 4 nitrogen and oxygen atoms in total. The Labute approximate surface area is 143 Å². The lowest BCUT2D eigenvalue weighted by atomic mass is 10.2. The molecule has 0 fully saturated rings. The first kappa shape index (κ1) is 16.5. The summed E-state index contributed by atoms with van der Waals surface area (Å²) in [5.41, 5.74) is 1.28. The topological polar surface area (TPSA) is 55.4 Å². The standard InChI is InChI=1S/C17H16INO3/c1-2-5-16(20)22-13-10-8-12(9-11-13)19-17(21)14-6-3-4-7-15(14)18/h3-4,6-11H,2,5H2,1H3,(H,19,21). The van der Waals surface area contributed by atoms with E-state index in [1.807, 2.05) is 25.1 Å². The lowest BCUT2D eigenvalue weighted by molar-refractivity contribution is -0.134. The third-order valence-corrected chi connectivity index (χ3v) is 3.86. The fourth-order valence-electron chi connectivity index (χ4n) is 1.84. The van der Waals surface area contributed by atoms with Crippen LogP contribution in [0.4, 0.5) is 5.69 Å². The van der Waals surface area contributed by atoms with Gasteiger partial charge < -0.3 is 10.1 Å². The van der Waals surface area contributed by atoms with Crippen molar-refractivity contribution in [2.75, 3.05) is 5.32 Å². The van der Waals surface area contributed by atoms with Gasteiger partial charge in [0, 0.05) is 15.7 Å². The average Bonchev–Trinajstić information content (AvgIpc) is 2.50. The van der Waals surface area contributed by atoms with Gasteiger partial charge in [0.1, 0.15) is 5.75 Å². The molecule has 5 heteroatoms. The van der Waals surface area contributed by atoms with E-state index in [1.165, 1.54) is 0 Å². The minimum absolute atomic E-state index is 0.166. The molecular formula is C17H16INO3. The number of rotatable bonds is 5. The Kier molecular flexibility index (Phi) is 5.94. The first-order chi connectivity index (χ1) is 10.6. The van der Waals surface area contributed by atoms with Gasteiger partial charge in [0.15, 0.2) is 0 Å². The predicted molar refractivity (Wildman–Crippen MR) is 94.1 cm³/mol. The van der Waals surface area contributed by atoms with Crippen molar-refractivity contribution in [2.24, 2.45) is 0 Å². The van der Waals surface area contributed by atoms with Crippen LogP contribution in [0.15, 0.2) is 48.5 Å². The molecule has 0 aromatic heterocycles. The SMILES string of the molecule is CCCC(=O)Oc1ccc(NC(=O)c2ccccc2I)cc1. The first-order valence-corrected chi connectivity index (χ1v) is 8.04. The molecular weight excluding hydrogens is 393 g/mol. The summed E-state index contributed by atoms with van der Waals surface area (Å²) in [5.74, 6) is 0.0598. The zero-order valence-electron chi connectivity index (χ0n) is 12.1.